The maximum absolute atomic E-state index is 13.8. The largest absolute Gasteiger partial charge is 0.487 e. The van der Waals surface area contributed by atoms with Crippen LogP contribution in [0.15, 0.2) is 22.1 Å². The quantitative estimate of drug-likeness (QED) is 0.575. The summed E-state index contributed by atoms with van der Waals surface area (Å²) in [5.74, 6) is -2.30. The van der Waals surface area contributed by atoms with Crippen molar-refractivity contribution in [2.24, 2.45) is 33.1 Å². The van der Waals surface area contributed by atoms with Gasteiger partial charge in [-0.15, -0.1) is 0 Å². The zero-order valence-corrected chi connectivity index (χ0v) is 11.4. The average molecular weight is 297 g/mol. The summed E-state index contributed by atoms with van der Waals surface area (Å²) in [6, 6.07) is 2.02. The van der Waals surface area contributed by atoms with Crippen molar-refractivity contribution < 1.29 is 13.5 Å². The highest BCUT2D eigenvalue weighted by molar-refractivity contribution is 5.93. The maximum Gasteiger partial charge on any atom is 0.223 e. The van der Waals surface area contributed by atoms with Crippen LogP contribution in [0.2, 0.25) is 0 Å². The van der Waals surface area contributed by atoms with E-state index >= 15 is 0 Å². The first-order chi connectivity index (χ1) is 9.95. The number of hydrogen-bond donors (Lipinski definition) is 3. The summed E-state index contributed by atoms with van der Waals surface area (Å²) in [6.45, 7) is 0.312. The molecule has 0 saturated heterocycles. The third kappa shape index (κ3) is 4.04. The molecule has 0 heterocycles. The van der Waals surface area contributed by atoms with E-state index in [1.165, 1.54) is 0 Å². The SMILES string of the molecule is NC(N)=NC(N)=Nc1cc(F)c(OCC2CCC2)c(F)c1. The third-order valence-electron chi connectivity index (χ3n) is 3.16. The topological polar surface area (TPSA) is 112 Å². The highest BCUT2D eigenvalue weighted by Crippen LogP contribution is 2.31. The zero-order chi connectivity index (χ0) is 15.4. The fraction of sp³-hybridized carbons (Fsp3) is 0.385. The third-order valence-corrected chi connectivity index (χ3v) is 3.16. The van der Waals surface area contributed by atoms with Crippen LogP contribution in [-0.2, 0) is 0 Å². The van der Waals surface area contributed by atoms with E-state index in [9.17, 15) is 8.78 Å². The van der Waals surface area contributed by atoms with Crippen LogP contribution < -0.4 is 21.9 Å². The van der Waals surface area contributed by atoms with Gasteiger partial charge < -0.3 is 21.9 Å². The van der Waals surface area contributed by atoms with E-state index in [2.05, 4.69) is 9.98 Å². The Hall–Kier alpha value is -2.38. The summed E-state index contributed by atoms with van der Waals surface area (Å²) in [4.78, 5) is 7.15. The predicted molar refractivity (Wildman–Crippen MR) is 76.3 cm³/mol. The molecule has 1 aromatic carbocycles. The highest BCUT2D eigenvalue weighted by Gasteiger charge is 2.20. The molecule has 1 aromatic rings. The van der Waals surface area contributed by atoms with Crippen LogP contribution in [0.4, 0.5) is 14.5 Å². The molecular weight excluding hydrogens is 280 g/mol. The summed E-state index contributed by atoms with van der Waals surface area (Å²) in [5.41, 5.74) is 15.6. The lowest BCUT2D eigenvalue weighted by Gasteiger charge is -2.25. The summed E-state index contributed by atoms with van der Waals surface area (Å²) in [6.07, 6.45) is 3.19. The van der Waals surface area contributed by atoms with E-state index in [0.29, 0.717) is 12.5 Å². The minimum atomic E-state index is -0.842. The second kappa shape index (κ2) is 6.38. The number of benzene rings is 1. The van der Waals surface area contributed by atoms with Gasteiger partial charge in [-0.2, -0.15) is 4.99 Å². The molecule has 0 unspecified atom stereocenters. The fourth-order valence-corrected chi connectivity index (χ4v) is 1.90. The smallest absolute Gasteiger partial charge is 0.223 e. The molecule has 6 N–H and O–H groups in total. The van der Waals surface area contributed by atoms with Gasteiger partial charge in [0.05, 0.1) is 12.3 Å². The van der Waals surface area contributed by atoms with Crippen molar-refractivity contribution in [1.82, 2.24) is 0 Å². The molecule has 1 aliphatic rings. The van der Waals surface area contributed by atoms with Crippen molar-refractivity contribution >= 4 is 17.6 Å². The Labute approximate surface area is 120 Å². The Bertz CT molecular complexity index is 557. The van der Waals surface area contributed by atoms with Crippen molar-refractivity contribution in [2.45, 2.75) is 19.3 Å². The van der Waals surface area contributed by atoms with Crippen LogP contribution in [0.5, 0.6) is 5.75 Å². The van der Waals surface area contributed by atoms with Crippen molar-refractivity contribution in [3.63, 3.8) is 0 Å². The number of halogens is 2. The first-order valence-electron chi connectivity index (χ1n) is 6.51. The Morgan fingerprint density at radius 3 is 2.29 bits per heavy atom. The van der Waals surface area contributed by atoms with Gasteiger partial charge in [0, 0.05) is 12.1 Å². The number of nitrogens with zero attached hydrogens (tertiary/aromatic N) is 2. The lowest BCUT2D eigenvalue weighted by atomic mass is 9.86. The molecule has 0 amide bonds. The molecule has 1 fully saturated rings. The Kier molecular flexibility index (Phi) is 4.56. The normalized spacial score (nSPS) is 15.4. The summed E-state index contributed by atoms with van der Waals surface area (Å²) in [7, 11) is 0. The van der Waals surface area contributed by atoms with Crippen LogP contribution in [0.1, 0.15) is 19.3 Å². The molecule has 114 valence electrons. The fourth-order valence-electron chi connectivity index (χ4n) is 1.90. The van der Waals surface area contributed by atoms with Gasteiger partial charge in [0.15, 0.2) is 23.3 Å². The average Bonchev–Trinajstić information content (AvgIpc) is 2.29. The number of nitrogens with two attached hydrogens (primary N) is 3. The van der Waals surface area contributed by atoms with Crippen molar-refractivity contribution in [2.75, 3.05) is 6.61 Å². The van der Waals surface area contributed by atoms with Crippen LogP contribution in [0.3, 0.4) is 0 Å². The van der Waals surface area contributed by atoms with Gasteiger partial charge in [0.25, 0.3) is 0 Å². The zero-order valence-electron chi connectivity index (χ0n) is 11.4. The van der Waals surface area contributed by atoms with Gasteiger partial charge >= 0.3 is 0 Å². The number of rotatable bonds is 4. The van der Waals surface area contributed by atoms with E-state index in [4.69, 9.17) is 21.9 Å². The Morgan fingerprint density at radius 1 is 1.19 bits per heavy atom. The molecule has 0 atom stereocenters. The second-order valence-electron chi connectivity index (χ2n) is 4.85. The Morgan fingerprint density at radius 2 is 1.81 bits per heavy atom. The molecular formula is C13H17F2N5O. The lowest BCUT2D eigenvalue weighted by Crippen LogP contribution is -2.26. The molecule has 0 aromatic heterocycles. The maximum atomic E-state index is 13.8. The molecule has 21 heavy (non-hydrogen) atoms. The first-order valence-corrected chi connectivity index (χ1v) is 6.51. The minimum absolute atomic E-state index is 0.0384. The molecule has 2 rings (SSSR count). The van der Waals surface area contributed by atoms with Gasteiger partial charge in [-0.05, 0) is 18.8 Å². The van der Waals surface area contributed by atoms with E-state index in [1.807, 2.05) is 0 Å². The van der Waals surface area contributed by atoms with Gasteiger partial charge in [-0.1, -0.05) is 6.42 Å². The summed E-state index contributed by atoms with van der Waals surface area (Å²) < 4.78 is 32.9. The molecule has 0 spiro atoms. The van der Waals surface area contributed by atoms with E-state index in [-0.39, 0.29) is 17.6 Å². The van der Waals surface area contributed by atoms with Gasteiger partial charge in [0.1, 0.15) is 0 Å². The van der Waals surface area contributed by atoms with E-state index in [1.54, 1.807) is 0 Å². The Balaban J connectivity index is 2.14. The molecule has 1 saturated carbocycles. The van der Waals surface area contributed by atoms with Crippen molar-refractivity contribution in [3.05, 3.63) is 23.8 Å². The highest BCUT2D eigenvalue weighted by atomic mass is 19.1. The molecule has 0 radical (unpaired) electrons. The molecule has 0 aliphatic heterocycles. The lowest BCUT2D eigenvalue weighted by molar-refractivity contribution is 0.170. The van der Waals surface area contributed by atoms with Gasteiger partial charge in [-0.3, -0.25) is 0 Å². The number of hydrogen-bond acceptors (Lipinski definition) is 2. The second-order valence-corrected chi connectivity index (χ2v) is 4.85. The van der Waals surface area contributed by atoms with Gasteiger partial charge in [-0.25, -0.2) is 13.8 Å². The number of ether oxygens (including phenoxy) is 1. The van der Waals surface area contributed by atoms with Crippen molar-refractivity contribution in [3.8, 4) is 5.75 Å². The van der Waals surface area contributed by atoms with Crippen LogP contribution in [0, 0.1) is 17.6 Å². The molecule has 1 aliphatic carbocycles. The number of aliphatic imine (C=N–C) groups is 2. The minimum Gasteiger partial charge on any atom is -0.487 e. The van der Waals surface area contributed by atoms with Crippen LogP contribution in [0.25, 0.3) is 0 Å². The van der Waals surface area contributed by atoms with E-state index < -0.39 is 17.4 Å². The van der Waals surface area contributed by atoms with E-state index in [0.717, 1.165) is 31.4 Å². The molecule has 8 heteroatoms. The standard InChI is InChI=1S/C13H17F2N5O/c14-9-4-8(19-13(18)20-12(16)17)5-10(15)11(9)21-6-7-2-1-3-7/h4-5,7H,1-3,6H2,(H6,16,17,18,19,20). The molecule has 0 bridgehead atoms. The van der Waals surface area contributed by atoms with Crippen molar-refractivity contribution in [1.29, 1.82) is 0 Å². The van der Waals surface area contributed by atoms with Crippen LogP contribution >= 0.6 is 0 Å². The van der Waals surface area contributed by atoms with Gasteiger partial charge in [0.2, 0.25) is 5.96 Å². The molecule has 6 nitrogen and oxygen atoms in total. The summed E-state index contributed by atoms with van der Waals surface area (Å²) in [5, 5.41) is 0. The summed E-state index contributed by atoms with van der Waals surface area (Å²) >= 11 is 0. The first kappa shape index (κ1) is 15.0. The monoisotopic (exact) mass is 297 g/mol. The van der Waals surface area contributed by atoms with Crippen LogP contribution in [-0.4, -0.2) is 18.5 Å². The number of guanidine groups is 2. The predicted octanol–water partition coefficient (Wildman–Crippen LogP) is 1.36.